The van der Waals surface area contributed by atoms with E-state index in [0.29, 0.717) is 13.2 Å². The fourth-order valence-corrected chi connectivity index (χ4v) is 2.06. The average Bonchev–Trinajstić information content (AvgIpc) is 2.67. The zero-order valence-electron chi connectivity index (χ0n) is 10.3. The summed E-state index contributed by atoms with van der Waals surface area (Å²) in [5.41, 5.74) is 1.17. The third-order valence-corrected chi connectivity index (χ3v) is 3.18. The summed E-state index contributed by atoms with van der Waals surface area (Å²) in [6.07, 6.45) is 0.984. The van der Waals surface area contributed by atoms with Crippen LogP contribution in [-0.2, 0) is 16.1 Å². The van der Waals surface area contributed by atoms with Gasteiger partial charge < -0.3 is 9.64 Å². The van der Waals surface area contributed by atoms with Crippen LogP contribution in [-0.4, -0.2) is 30.5 Å². The Morgan fingerprint density at radius 3 is 2.76 bits per heavy atom. The van der Waals surface area contributed by atoms with Crippen molar-refractivity contribution in [2.24, 2.45) is 5.92 Å². The molecule has 3 heteroatoms. The van der Waals surface area contributed by atoms with Crippen LogP contribution in [0.1, 0.15) is 18.9 Å². The SMILES string of the molecule is C[C@H]1CCN(CCOCc2ccccc2)C1=O. The number of hydrogen-bond acceptors (Lipinski definition) is 2. The third-order valence-electron chi connectivity index (χ3n) is 3.18. The normalized spacial score (nSPS) is 19.9. The Balaban J connectivity index is 1.65. The molecular weight excluding hydrogens is 214 g/mol. The van der Waals surface area contributed by atoms with Crippen LogP contribution >= 0.6 is 0 Å². The molecule has 1 saturated heterocycles. The molecule has 17 heavy (non-hydrogen) atoms. The van der Waals surface area contributed by atoms with Crippen molar-refractivity contribution in [1.82, 2.24) is 4.90 Å². The van der Waals surface area contributed by atoms with E-state index >= 15 is 0 Å². The van der Waals surface area contributed by atoms with E-state index in [1.807, 2.05) is 42.2 Å². The molecule has 0 spiro atoms. The number of nitrogens with zero attached hydrogens (tertiary/aromatic N) is 1. The molecule has 0 unspecified atom stereocenters. The summed E-state index contributed by atoms with van der Waals surface area (Å²) < 4.78 is 5.57. The first kappa shape index (κ1) is 12.1. The van der Waals surface area contributed by atoms with E-state index in [1.54, 1.807) is 0 Å². The van der Waals surface area contributed by atoms with Crippen LogP contribution in [0.25, 0.3) is 0 Å². The van der Waals surface area contributed by atoms with Crippen molar-refractivity contribution < 1.29 is 9.53 Å². The van der Waals surface area contributed by atoms with E-state index in [9.17, 15) is 4.79 Å². The minimum absolute atomic E-state index is 0.198. The Labute approximate surface area is 102 Å². The summed E-state index contributed by atoms with van der Waals surface area (Å²) in [6.45, 7) is 4.84. The zero-order chi connectivity index (χ0) is 12.1. The first-order valence-electron chi connectivity index (χ1n) is 6.18. The molecule has 0 saturated carbocycles. The van der Waals surface area contributed by atoms with Gasteiger partial charge in [-0.2, -0.15) is 0 Å². The molecule has 0 radical (unpaired) electrons. The second kappa shape index (κ2) is 5.82. The molecule has 1 aliphatic heterocycles. The number of amides is 1. The van der Waals surface area contributed by atoms with Crippen LogP contribution in [0.15, 0.2) is 30.3 Å². The van der Waals surface area contributed by atoms with Crippen molar-refractivity contribution in [3.63, 3.8) is 0 Å². The number of benzene rings is 1. The van der Waals surface area contributed by atoms with Crippen LogP contribution < -0.4 is 0 Å². The maximum Gasteiger partial charge on any atom is 0.225 e. The molecule has 1 fully saturated rings. The summed E-state index contributed by atoms with van der Waals surface area (Å²) in [7, 11) is 0. The van der Waals surface area contributed by atoms with Crippen molar-refractivity contribution >= 4 is 5.91 Å². The van der Waals surface area contributed by atoms with Gasteiger partial charge in [0.1, 0.15) is 0 Å². The van der Waals surface area contributed by atoms with E-state index < -0.39 is 0 Å². The lowest BCUT2D eigenvalue weighted by molar-refractivity contribution is -0.131. The topological polar surface area (TPSA) is 29.5 Å². The average molecular weight is 233 g/mol. The maximum atomic E-state index is 11.6. The van der Waals surface area contributed by atoms with Crippen molar-refractivity contribution in [2.75, 3.05) is 19.7 Å². The number of carbonyl (C=O) groups excluding carboxylic acids is 1. The van der Waals surface area contributed by atoms with Crippen molar-refractivity contribution in [2.45, 2.75) is 20.0 Å². The number of rotatable bonds is 5. The molecule has 0 bridgehead atoms. The van der Waals surface area contributed by atoms with Gasteiger partial charge in [0.25, 0.3) is 0 Å². The lowest BCUT2D eigenvalue weighted by Crippen LogP contribution is -2.30. The van der Waals surface area contributed by atoms with E-state index in [0.717, 1.165) is 19.5 Å². The molecule has 0 aromatic heterocycles. The Bertz CT molecular complexity index is 364. The van der Waals surface area contributed by atoms with E-state index in [-0.39, 0.29) is 11.8 Å². The molecule has 2 rings (SSSR count). The van der Waals surface area contributed by atoms with Crippen LogP contribution in [0.5, 0.6) is 0 Å². The molecule has 92 valence electrons. The summed E-state index contributed by atoms with van der Waals surface area (Å²) in [5, 5.41) is 0. The summed E-state index contributed by atoms with van der Waals surface area (Å²) >= 11 is 0. The Kier molecular flexibility index (Phi) is 4.15. The van der Waals surface area contributed by atoms with Crippen LogP contribution in [0.2, 0.25) is 0 Å². The smallest absolute Gasteiger partial charge is 0.225 e. The highest BCUT2D eigenvalue weighted by Crippen LogP contribution is 2.16. The highest BCUT2D eigenvalue weighted by Gasteiger charge is 2.27. The first-order valence-corrected chi connectivity index (χ1v) is 6.18. The van der Waals surface area contributed by atoms with E-state index in [1.165, 1.54) is 5.56 Å². The maximum absolute atomic E-state index is 11.6. The van der Waals surface area contributed by atoms with E-state index in [4.69, 9.17) is 4.74 Å². The largest absolute Gasteiger partial charge is 0.375 e. The molecule has 1 aromatic carbocycles. The highest BCUT2D eigenvalue weighted by atomic mass is 16.5. The predicted molar refractivity (Wildman–Crippen MR) is 66.5 cm³/mol. The zero-order valence-corrected chi connectivity index (χ0v) is 10.3. The highest BCUT2D eigenvalue weighted by molar-refractivity contribution is 5.80. The molecular formula is C14H19NO2. The van der Waals surface area contributed by atoms with E-state index in [2.05, 4.69) is 0 Å². The lowest BCUT2D eigenvalue weighted by Gasteiger charge is -2.15. The number of ether oxygens (including phenoxy) is 1. The molecule has 1 atom stereocenters. The fourth-order valence-electron chi connectivity index (χ4n) is 2.06. The molecule has 1 heterocycles. The quantitative estimate of drug-likeness (QED) is 0.729. The van der Waals surface area contributed by atoms with Gasteiger partial charge in [0, 0.05) is 19.0 Å². The van der Waals surface area contributed by atoms with Gasteiger partial charge in [-0.25, -0.2) is 0 Å². The summed E-state index contributed by atoms with van der Waals surface area (Å²) in [4.78, 5) is 13.5. The number of likely N-dealkylation sites (tertiary alicyclic amines) is 1. The molecule has 1 amide bonds. The third kappa shape index (κ3) is 3.30. The summed E-state index contributed by atoms with van der Waals surface area (Å²) in [5.74, 6) is 0.470. The number of hydrogen-bond donors (Lipinski definition) is 0. The van der Waals surface area contributed by atoms with Gasteiger partial charge in [0.05, 0.1) is 13.2 Å². The van der Waals surface area contributed by atoms with Crippen LogP contribution in [0, 0.1) is 5.92 Å². The van der Waals surface area contributed by atoms with Gasteiger partial charge in [-0.1, -0.05) is 37.3 Å². The Morgan fingerprint density at radius 2 is 2.12 bits per heavy atom. The minimum atomic E-state index is 0.198. The Hall–Kier alpha value is -1.35. The van der Waals surface area contributed by atoms with Gasteiger partial charge in [0.15, 0.2) is 0 Å². The van der Waals surface area contributed by atoms with Gasteiger partial charge in [-0.3, -0.25) is 4.79 Å². The van der Waals surface area contributed by atoms with Gasteiger partial charge in [-0.15, -0.1) is 0 Å². The lowest BCUT2D eigenvalue weighted by atomic mass is 10.1. The Morgan fingerprint density at radius 1 is 1.35 bits per heavy atom. The standard InChI is InChI=1S/C14H19NO2/c1-12-7-8-15(14(12)16)9-10-17-11-13-5-3-2-4-6-13/h2-6,12H,7-11H2,1H3/t12-/m0/s1. The van der Waals surface area contributed by atoms with Crippen molar-refractivity contribution in [1.29, 1.82) is 0 Å². The fraction of sp³-hybridized carbons (Fsp3) is 0.500. The number of carbonyl (C=O) groups is 1. The molecule has 1 aliphatic rings. The molecule has 3 nitrogen and oxygen atoms in total. The predicted octanol–water partition coefficient (Wildman–Crippen LogP) is 2.07. The van der Waals surface area contributed by atoms with Crippen molar-refractivity contribution in [3.8, 4) is 0 Å². The molecule has 0 aliphatic carbocycles. The minimum Gasteiger partial charge on any atom is -0.375 e. The van der Waals surface area contributed by atoms with Crippen LogP contribution in [0.4, 0.5) is 0 Å². The van der Waals surface area contributed by atoms with Gasteiger partial charge >= 0.3 is 0 Å². The second-order valence-corrected chi connectivity index (χ2v) is 4.55. The first-order chi connectivity index (χ1) is 8.27. The summed E-state index contributed by atoms with van der Waals surface area (Å²) in [6, 6.07) is 10.1. The van der Waals surface area contributed by atoms with Crippen molar-refractivity contribution in [3.05, 3.63) is 35.9 Å². The molecule has 1 aromatic rings. The van der Waals surface area contributed by atoms with Crippen LogP contribution in [0.3, 0.4) is 0 Å². The second-order valence-electron chi connectivity index (χ2n) is 4.55. The molecule has 0 N–H and O–H groups in total. The van der Waals surface area contributed by atoms with Gasteiger partial charge in [-0.05, 0) is 12.0 Å². The monoisotopic (exact) mass is 233 g/mol. The van der Waals surface area contributed by atoms with Gasteiger partial charge in [0.2, 0.25) is 5.91 Å².